The van der Waals surface area contributed by atoms with Crippen molar-refractivity contribution < 1.29 is 4.79 Å². The standard InChI is InChI=1S/C13H14N4O/c1-14-8-13(18)17-11-4-2-10(3-5-11)12-6-7-15-9-16-12/h2-7,9,14H,8H2,1H3,(H,17,18). The first kappa shape index (κ1) is 12.2. The van der Waals surface area contributed by atoms with Crippen molar-refractivity contribution in [3.63, 3.8) is 0 Å². The maximum atomic E-state index is 11.4. The Morgan fingerprint density at radius 3 is 2.61 bits per heavy atom. The third-order valence-electron chi connectivity index (χ3n) is 2.38. The molecule has 0 aliphatic carbocycles. The number of aromatic nitrogens is 2. The van der Waals surface area contributed by atoms with Crippen LogP contribution in [0.4, 0.5) is 5.69 Å². The molecule has 1 amide bonds. The summed E-state index contributed by atoms with van der Waals surface area (Å²) in [6, 6.07) is 9.37. The van der Waals surface area contributed by atoms with Crippen LogP contribution in [0.2, 0.25) is 0 Å². The van der Waals surface area contributed by atoms with Gasteiger partial charge in [0.05, 0.1) is 12.2 Å². The Labute approximate surface area is 105 Å². The number of hydrogen-bond donors (Lipinski definition) is 2. The van der Waals surface area contributed by atoms with Gasteiger partial charge >= 0.3 is 0 Å². The summed E-state index contributed by atoms with van der Waals surface area (Å²) in [6.07, 6.45) is 3.21. The summed E-state index contributed by atoms with van der Waals surface area (Å²) in [5.41, 5.74) is 2.62. The predicted molar refractivity (Wildman–Crippen MR) is 70.0 cm³/mol. The maximum absolute atomic E-state index is 11.4. The number of likely N-dealkylation sites (N-methyl/N-ethyl adjacent to an activating group) is 1. The lowest BCUT2D eigenvalue weighted by Gasteiger charge is -2.05. The van der Waals surface area contributed by atoms with Crippen molar-refractivity contribution in [2.75, 3.05) is 18.9 Å². The molecule has 5 heteroatoms. The van der Waals surface area contributed by atoms with Crippen molar-refractivity contribution in [2.45, 2.75) is 0 Å². The first-order chi connectivity index (χ1) is 8.79. The SMILES string of the molecule is CNCC(=O)Nc1ccc(-c2ccncn2)cc1. The van der Waals surface area contributed by atoms with Gasteiger partial charge in [0.25, 0.3) is 0 Å². The lowest BCUT2D eigenvalue weighted by molar-refractivity contribution is -0.115. The van der Waals surface area contributed by atoms with Gasteiger partial charge in [0.1, 0.15) is 6.33 Å². The summed E-state index contributed by atoms with van der Waals surface area (Å²) in [6.45, 7) is 0.299. The number of anilines is 1. The van der Waals surface area contributed by atoms with E-state index >= 15 is 0 Å². The first-order valence-electron chi connectivity index (χ1n) is 5.60. The number of carbonyl (C=O) groups excluding carboxylic acids is 1. The minimum absolute atomic E-state index is 0.0627. The average molecular weight is 242 g/mol. The monoisotopic (exact) mass is 242 g/mol. The number of hydrogen-bond acceptors (Lipinski definition) is 4. The molecule has 0 unspecified atom stereocenters. The van der Waals surface area contributed by atoms with E-state index in [2.05, 4.69) is 20.6 Å². The highest BCUT2D eigenvalue weighted by molar-refractivity contribution is 5.92. The van der Waals surface area contributed by atoms with Crippen LogP contribution in [-0.2, 0) is 4.79 Å². The van der Waals surface area contributed by atoms with Gasteiger partial charge in [-0.25, -0.2) is 9.97 Å². The molecule has 0 spiro atoms. The van der Waals surface area contributed by atoms with Gasteiger partial charge in [0.2, 0.25) is 5.91 Å². The smallest absolute Gasteiger partial charge is 0.238 e. The van der Waals surface area contributed by atoms with Gasteiger partial charge in [-0.3, -0.25) is 4.79 Å². The lowest BCUT2D eigenvalue weighted by Crippen LogP contribution is -2.24. The van der Waals surface area contributed by atoms with Crippen LogP contribution in [-0.4, -0.2) is 29.5 Å². The molecule has 0 saturated carbocycles. The Bertz CT molecular complexity index is 510. The molecule has 2 N–H and O–H groups in total. The molecule has 0 aliphatic heterocycles. The summed E-state index contributed by atoms with van der Waals surface area (Å²) in [4.78, 5) is 19.4. The molecule has 1 aromatic carbocycles. The number of carbonyl (C=O) groups is 1. The van der Waals surface area contributed by atoms with E-state index in [-0.39, 0.29) is 5.91 Å². The van der Waals surface area contributed by atoms with Gasteiger partial charge in [-0.2, -0.15) is 0 Å². The molecular weight excluding hydrogens is 228 g/mol. The highest BCUT2D eigenvalue weighted by atomic mass is 16.1. The zero-order valence-corrected chi connectivity index (χ0v) is 10.1. The van der Waals surface area contributed by atoms with E-state index < -0.39 is 0 Å². The second-order valence-corrected chi connectivity index (χ2v) is 3.75. The summed E-state index contributed by atoms with van der Waals surface area (Å²) >= 11 is 0. The van der Waals surface area contributed by atoms with Gasteiger partial charge in [0, 0.05) is 17.4 Å². The average Bonchev–Trinajstić information content (AvgIpc) is 2.41. The molecule has 0 radical (unpaired) electrons. The minimum atomic E-state index is -0.0627. The summed E-state index contributed by atoms with van der Waals surface area (Å²) < 4.78 is 0. The van der Waals surface area contributed by atoms with Crippen molar-refractivity contribution in [3.05, 3.63) is 42.9 Å². The van der Waals surface area contributed by atoms with Crippen molar-refractivity contribution in [1.82, 2.24) is 15.3 Å². The number of rotatable bonds is 4. The van der Waals surface area contributed by atoms with Crippen LogP contribution >= 0.6 is 0 Å². The number of benzene rings is 1. The van der Waals surface area contributed by atoms with E-state index in [0.29, 0.717) is 6.54 Å². The quantitative estimate of drug-likeness (QED) is 0.848. The van der Waals surface area contributed by atoms with Crippen LogP contribution in [0.15, 0.2) is 42.9 Å². The van der Waals surface area contributed by atoms with Crippen LogP contribution in [0.3, 0.4) is 0 Å². The fourth-order valence-electron chi connectivity index (χ4n) is 1.55. The third-order valence-corrected chi connectivity index (χ3v) is 2.38. The maximum Gasteiger partial charge on any atom is 0.238 e. The zero-order chi connectivity index (χ0) is 12.8. The topological polar surface area (TPSA) is 66.9 Å². The molecule has 1 aromatic heterocycles. The second kappa shape index (κ2) is 5.88. The number of amides is 1. The molecule has 0 saturated heterocycles. The summed E-state index contributed by atoms with van der Waals surface area (Å²) in [5.74, 6) is -0.0627. The Morgan fingerprint density at radius 1 is 1.22 bits per heavy atom. The Kier molecular flexibility index (Phi) is 3.98. The molecule has 1 heterocycles. The lowest BCUT2D eigenvalue weighted by atomic mass is 10.1. The number of nitrogens with zero attached hydrogens (tertiary/aromatic N) is 2. The van der Waals surface area contributed by atoms with Crippen LogP contribution < -0.4 is 10.6 Å². The Hall–Kier alpha value is -2.27. The van der Waals surface area contributed by atoms with Gasteiger partial charge in [-0.15, -0.1) is 0 Å². The van der Waals surface area contributed by atoms with Crippen molar-refractivity contribution in [2.24, 2.45) is 0 Å². The Morgan fingerprint density at radius 2 is 2.00 bits per heavy atom. The van der Waals surface area contributed by atoms with E-state index in [9.17, 15) is 4.79 Å². The van der Waals surface area contributed by atoms with Gasteiger partial charge in [-0.1, -0.05) is 12.1 Å². The van der Waals surface area contributed by atoms with Gasteiger partial charge < -0.3 is 10.6 Å². The molecule has 0 aliphatic rings. The molecule has 92 valence electrons. The second-order valence-electron chi connectivity index (χ2n) is 3.75. The van der Waals surface area contributed by atoms with E-state index in [0.717, 1.165) is 16.9 Å². The van der Waals surface area contributed by atoms with Crippen molar-refractivity contribution in [1.29, 1.82) is 0 Å². The fraction of sp³-hybridized carbons (Fsp3) is 0.154. The van der Waals surface area contributed by atoms with Crippen molar-refractivity contribution in [3.8, 4) is 11.3 Å². The molecule has 0 atom stereocenters. The zero-order valence-electron chi connectivity index (χ0n) is 10.1. The highest BCUT2D eigenvalue weighted by Gasteiger charge is 2.02. The van der Waals surface area contributed by atoms with Gasteiger partial charge in [0.15, 0.2) is 0 Å². The molecule has 2 rings (SSSR count). The van der Waals surface area contributed by atoms with E-state index in [1.807, 2.05) is 30.3 Å². The third kappa shape index (κ3) is 3.11. The molecule has 18 heavy (non-hydrogen) atoms. The normalized spacial score (nSPS) is 10.1. The first-order valence-corrected chi connectivity index (χ1v) is 5.60. The van der Waals surface area contributed by atoms with E-state index in [1.54, 1.807) is 13.2 Å². The molecular formula is C13H14N4O. The van der Waals surface area contributed by atoms with Crippen LogP contribution in [0.25, 0.3) is 11.3 Å². The van der Waals surface area contributed by atoms with Crippen LogP contribution in [0, 0.1) is 0 Å². The molecule has 2 aromatic rings. The fourth-order valence-corrected chi connectivity index (χ4v) is 1.55. The molecule has 0 bridgehead atoms. The van der Waals surface area contributed by atoms with Crippen molar-refractivity contribution >= 4 is 11.6 Å². The highest BCUT2D eigenvalue weighted by Crippen LogP contribution is 2.18. The van der Waals surface area contributed by atoms with E-state index in [4.69, 9.17) is 0 Å². The van der Waals surface area contributed by atoms with Crippen LogP contribution in [0.5, 0.6) is 0 Å². The molecule has 5 nitrogen and oxygen atoms in total. The summed E-state index contributed by atoms with van der Waals surface area (Å²) in [5, 5.41) is 5.58. The Balaban J connectivity index is 2.09. The van der Waals surface area contributed by atoms with Gasteiger partial charge in [-0.05, 0) is 25.2 Å². The molecule has 0 fully saturated rings. The minimum Gasteiger partial charge on any atom is -0.325 e. The predicted octanol–water partition coefficient (Wildman–Crippen LogP) is 1.30. The van der Waals surface area contributed by atoms with E-state index in [1.165, 1.54) is 6.33 Å². The van der Waals surface area contributed by atoms with Crippen LogP contribution in [0.1, 0.15) is 0 Å². The number of nitrogens with one attached hydrogen (secondary N) is 2. The largest absolute Gasteiger partial charge is 0.325 e. The summed E-state index contributed by atoms with van der Waals surface area (Å²) in [7, 11) is 1.73.